The molecule has 0 bridgehead atoms. The Bertz CT molecular complexity index is 789. The number of allylic oxidation sites excluding steroid dienone is 2. The third kappa shape index (κ3) is 5.37. The van der Waals surface area contributed by atoms with Gasteiger partial charge in [-0.15, -0.1) is 0 Å². The number of piperidine rings is 1. The quantitative estimate of drug-likeness (QED) is 0.734. The van der Waals surface area contributed by atoms with Crippen molar-refractivity contribution in [3.8, 4) is 0 Å². The SMILES string of the molecule is C/C=C(\C=NC(C)N1CCC(c2ccncc2)CC1)c1cccc(CCN)c1. The average molecular weight is 377 g/mol. The fourth-order valence-electron chi connectivity index (χ4n) is 3.91. The van der Waals surface area contributed by atoms with E-state index >= 15 is 0 Å². The smallest absolute Gasteiger partial charge is 0.0990 e. The van der Waals surface area contributed by atoms with E-state index in [1.165, 1.54) is 29.5 Å². The Labute approximate surface area is 169 Å². The summed E-state index contributed by atoms with van der Waals surface area (Å²) in [5, 5.41) is 0. The van der Waals surface area contributed by atoms with E-state index in [1.807, 2.05) is 18.6 Å². The van der Waals surface area contributed by atoms with Crippen LogP contribution in [-0.4, -0.2) is 41.9 Å². The number of rotatable bonds is 7. The number of hydrogen-bond donors (Lipinski definition) is 1. The molecule has 1 saturated heterocycles. The summed E-state index contributed by atoms with van der Waals surface area (Å²) in [6.45, 7) is 7.11. The molecule has 1 atom stereocenters. The molecule has 2 heterocycles. The van der Waals surface area contributed by atoms with Gasteiger partial charge in [0.25, 0.3) is 0 Å². The van der Waals surface area contributed by atoms with Crippen molar-refractivity contribution < 1.29 is 0 Å². The van der Waals surface area contributed by atoms with Crippen molar-refractivity contribution in [2.24, 2.45) is 10.7 Å². The molecule has 3 rings (SSSR count). The first-order valence-electron chi connectivity index (χ1n) is 10.3. The maximum Gasteiger partial charge on any atom is 0.0990 e. The molecule has 148 valence electrons. The fourth-order valence-corrected chi connectivity index (χ4v) is 3.91. The molecule has 1 unspecified atom stereocenters. The van der Waals surface area contributed by atoms with E-state index in [-0.39, 0.29) is 6.17 Å². The molecule has 0 saturated carbocycles. The van der Waals surface area contributed by atoms with Gasteiger partial charge in [-0.25, -0.2) is 0 Å². The molecular formula is C24H32N4. The normalized spacial score (nSPS) is 17.9. The standard InChI is InChI=1S/C24H32N4/c1-3-21(24-6-4-5-20(17-24)7-12-25)18-27-19(2)28-15-10-23(11-16-28)22-8-13-26-14-9-22/h3-6,8-9,13-14,17-19,23H,7,10-12,15-16,25H2,1-2H3/b21-3+,27-18?. The lowest BCUT2D eigenvalue weighted by Gasteiger charge is -2.34. The Morgan fingerprint density at radius 2 is 2.00 bits per heavy atom. The molecule has 4 heteroatoms. The van der Waals surface area contributed by atoms with E-state index in [0.717, 1.165) is 25.1 Å². The van der Waals surface area contributed by atoms with Gasteiger partial charge in [-0.05, 0) is 80.0 Å². The summed E-state index contributed by atoms with van der Waals surface area (Å²) in [7, 11) is 0. The summed E-state index contributed by atoms with van der Waals surface area (Å²) in [4.78, 5) is 11.5. The molecule has 1 aromatic heterocycles. The zero-order chi connectivity index (χ0) is 19.8. The Hall–Kier alpha value is -2.30. The molecule has 1 fully saturated rings. The minimum absolute atomic E-state index is 0.195. The molecule has 1 aromatic carbocycles. The number of hydrogen-bond acceptors (Lipinski definition) is 4. The fraction of sp³-hybridized carbons (Fsp3) is 0.417. The van der Waals surface area contributed by atoms with Gasteiger partial charge in [0.05, 0.1) is 6.17 Å². The summed E-state index contributed by atoms with van der Waals surface area (Å²) < 4.78 is 0. The molecule has 28 heavy (non-hydrogen) atoms. The minimum Gasteiger partial charge on any atom is -0.330 e. The number of nitrogens with zero attached hydrogens (tertiary/aromatic N) is 3. The second kappa shape index (κ2) is 10.3. The highest BCUT2D eigenvalue weighted by atomic mass is 15.2. The van der Waals surface area contributed by atoms with E-state index in [0.29, 0.717) is 12.5 Å². The van der Waals surface area contributed by atoms with Crippen LogP contribution in [0.5, 0.6) is 0 Å². The number of nitrogens with two attached hydrogens (primary N) is 1. The molecule has 4 nitrogen and oxygen atoms in total. The number of aromatic nitrogens is 1. The maximum absolute atomic E-state index is 5.70. The lowest BCUT2D eigenvalue weighted by Crippen LogP contribution is -2.38. The second-order valence-corrected chi connectivity index (χ2v) is 7.48. The van der Waals surface area contributed by atoms with Crippen molar-refractivity contribution in [2.45, 2.75) is 45.2 Å². The van der Waals surface area contributed by atoms with Gasteiger partial charge in [-0.1, -0.05) is 30.3 Å². The van der Waals surface area contributed by atoms with Crippen molar-refractivity contribution in [2.75, 3.05) is 19.6 Å². The molecule has 0 amide bonds. The summed E-state index contributed by atoms with van der Waals surface area (Å²) >= 11 is 0. The number of pyridine rings is 1. The maximum atomic E-state index is 5.70. The minimum atomic E-state index is 0.195. The number of benzene rings is 1. The van der Waals surface area contributed by atoms with Gasteiger partial charge in [-0.3, -0.25) is 14.9 Å². The van der Waals surface area contributed by atoms with Crippen LogP contribution >= 0.6 is 0 Å². The Morgan fingerprint density at radius 3 is 2.68 bits per heavy atom. The third-order valence-corrected chi connectivity index (χ3v) is 5.67. The topological polar surface area (TPSA) is 54.5 Å². The van der Waals surface area contributed by atoms with Crippen molar-refractivity contribution >= 4 is 11.8 Å². The van der Waals surface area contributed by atoms with E-state index in [9.17, 15) is 0 Å². The molecule has 2 aromatic rings. The van der Waals surface area contributed by atoms with Crippen LogP contribution < -0.4 is 5.73 Å². The Balaban J connectivity index is 1.58. The highest BCUT2D eigenvalue weighted by Crippen LogP contribution is 2.28. The molecule has 2 N–H and O–H groups in total. The average Bonchev–Trinajstić information content (AvgIpc) is 2.75. The van der Waals surface area contributed by atoms with Gasteiger partial charge >= 0.3 is 0 Å². The van der Waals surface area contributed by atoms with Gasteiger partial charge in [0.1, 0.15) is 0 Å². The first kappa shape index (κ1) is 20.4. The van der Waals surface area contributed by atoms with Gasteiger partial charge in [0.2, 0.25) is 0 Å². The molecule has 0 aliphatic carbocycles. The van der Waals surface area contributed by atoms with Crippen LogP contribution in [0.3, 0.4) is 0 Å². The largest absolute Gasteiger partial charge is 0.330 e. The predicted molar refractivity (Wildman–Crippen MR) is 119 cm³/mol. The van der Waals surface area contributed by atoms with Crippen LogP contribution in [0.1, 0.15) is 49.3 Å². The third-order valence-electron chi connectivity index (χ3n) is 5.67. The van der Waals surface area contributed by atoms with Crippen LogP contribution in [0.2, 0.25) is 0 Å². The lowest BCUT2D eigenvalue weighted by molar-refractivity contribution is 0.167. The molecular weight excluding hydrogens is 344 g/mol. The Kier molecular flexibility index (Phi) is 7.52. The summed E-state index contributed by atoms with van der Waals surface area (Å²) in [6, 6.07) is 12.9. The van der Waals surface area contributed by atoms with Crippen LogP contribution in [-0.2, 0) is 6.42 Å². The van der Waals surface area contributed by atoms with E-state index in [1.54, 1.807) is 0 Å². The number of likely N-dealkylation sites (tertiary alicyclic amines) is 1. The highest BCUT2D eigenvalue weighted by molar-refractivity contribution is 6.09. The van der Waals surface area contributed by atoms with E-state index in [2.05, 4.69) is 66.2 Å². The monoisotopic (exact) mass is 376 g/mol. The van der Waals surface area contributed by atoms with Crippen LogP contribution in [0.25, 0.3) is 5.57 Å². The van der Waals surface area contributed by atoms with Crippen LogP contribution in [0.4, 0.5) is 0 Å². The van der Waals surface area contributed by atoms with Crippen molar-refractivity contribution in [3.05, 3.63) is 71.6 Å². The van der Waals surface area contributed by atoms with Gasteiger partial charge < -0.3 is 5.73 Å². The summed E-state index contributed by atoms with van der Waals surface area (Å²) in [5.41, 5.74) is 10.8. The highest BCUT2D eigenvalue weighted by Gasteiger charge is 2.23. The summed E-state index contributed by atoms with van der Waals surface area (Å²) in [5.74, 6) is 0.645. The van der Waals surface area contributed by atoms with Gasteiger partial charge in [-0.2, -0.15) is 0 Å². The van der Waals surface area contributed by atoms with E-state index in [4.69, 9.17) is 10.7 Å². The lowest BCUT2D eigenvalue weighted by atomic mass is 9.90. The van der Waals surface area contributed by atoms with Crippen LogP contribution in [0, 0.1) is 0 Å². The second-order valence-electron chi connectivity index (χ2n) is 7.48. The van der Waals surface area contributed by atoms with Crippen LogP contribution in [0.15, 0.2) is 59.9 Å². The van der Waals surface area contributed by atoms with E-state index < -0.39 is 0 Å². The van der Waals surface area contributed by atoms with Crippen molar-refractivity contribution in [3.63, 3.8) is 0 Å². The molecule has 0 radical (unpaired) electrons. The Morgan fingerprint density at radius 1 is 1.25 bits per heavy atom. The molecule has 1 aliphatic heterocycles. The first-order chi connectivity index (χ1) is 13.7. The zero-order valence-electron chi connectivity index (χ0n) is 17.1. The molecule has 1 aliphatic rings. The van der Waals surface area contributed by atoms with Crippen molar-refractivity contribution in [1.82, 2.24) is 9.88 Å². The van der Waals surface area contributed by atoms with Crippen molar-refractivity contribution in [1.29, 1.82) is 0 Å². The number of aliphatic imine (C=N–C) groups is 1. The predicted octanol–water partition coefficient (Wildman–Crippen LogP) is 4.28. The first-order valence-corrected chi connectivity index (χ1v) is 10.3. The van der Waals surface area contributed by atoms with Gasteiger partial charge in [0, 0.05) is 31.7 Å². The summed E-state index contributed by atoms with van der Waals surface area (Å²) in [6.07, 6.45) is 11.4. The van der Waals surface area contributed by atoms with Gasteiger partial charge in [0.15, 0.2) is 0 Å². The molecule has 0 spiro atoms. The zero-order valence-corrected chi connectivity index (χ0v) is 17.1.